The zero-order valence-electron chi connectivity index (χ0n) is 11.4. The van der Waals surface area contributed by atoms with E-state index in [2.05, 4.69) is 0 Å². The highest BCUT2D eigenvalue weighted by atomic mass is 16.1. The highest BCUT2D eigenvalue weighted by Gasteiger charge is 2.18. The molecule has 0 saturated carbocycles. The number of fused-ring (bicyclic) bond motifs is 1. The number of hydrogen-bond donors (Lipinski definition) is 0. The van der Waals surface area contributed by atoms with E-state index in [1.807, 2.05) is 79.7 Å². The summed E-state index contributed by atoms with van der Waals surface area (Å²) in [5, 5.41) is 2.14. The van der Waals surface area contributed by atoms with Gasteiger partial charge < -0.3 is 0 Å². The van der Waals surface area contributed by atoms with Crippen molar-refractivity contribution >= 4 is 16.6 Å². The van der Waals surface area contributed by atoms with E-state index in [1.54, 1.807) is 0 Å². The van der Waals surface area contributed by atoms with Crippen molar-refractivity contribution in [1.82, 2.24) is 0 Å². The van der Waals surface area contributed by atoms with E-state index in [-0.39, 0.29) is 11.7 Å². The van der Waals surface area contributed by atoms with Crippen LogP contribution in [0.1, 0.15) is 28.8 Å². The van der Waals surface area contributed by atoms with Gasteiger partial charge in [-0.1, -0.05) is 79.7 Å². The van der Waals surface area contributed by atoms with Crippen molar-refractivity contribution in [2.45, 2.75) is 12.8 Å². The van der Waals surface area contributed by atoms with Gasteiger partial charge >= 0.3 is 0 Å². The van der Waals surface area contributed by atoms with Crippen LogP contribution in [0.2, 0.25) is 0 Å². The molecule has 20 heavy (non-hydrogen) atoms. The van der Waals surface area contributed by atoms with Crippen LogP contribution in [0.4, 0.5) is 0 Å². The minimum Gasteiger partial charge on any atom is -0.293 e. The number of carbonyl (C=O) groups excluding carboxylic acids is 1. The zero-order valence-corrected chi connectivity index (χ0v) is 11.4. The third kappa shape index (κ3) is 2.23. The second-order valence-corrected chi connectivity index (χ2v) is 5.02. The lowest BCUT2D eigenvalue weighted by Crippen LogP contribution is -2.10. The molecule has 0 fully saturated rings. The summed E-state index contributed by atoms with van der Waals surface area (Å²) in [6.45, 7) is 1.97. The van der Waals surface area contributed by atoms with Gasteiger partial charge in [0.05, 0.1) is 0 Å². The maximum atomic E-state index is 12.8. The van der Waals surface area contributed by atoms with E-state index in [4.69, 9.17) is 0 Å². The molecule has 1 unspecified atom stereocenters. The van der Waals surface area contributed by atoms with Crippen LogP contribution in [0.25, 0.3) is 10.8 Å². The molecule has 0 aliphatic rings. The van der Waals surface area contributed by atoms with Gasteiger partial charge in [-0.25, -0.2) is 0 Å². The predicted octanol–water partition coefficient (Wildman–Crippen LogP) is 4.83. The molecule has 0 bridgehead atoms. The largest absolute Gasteiger partial charge is 0.293 e. The van der Waals surface area contributed by atoms with Crippen LogP contribution in [-0.4, -0.2) is 5.78 Å². The molecule has 0 saturated heterocycles. The monoisotopic (exact) mass is 260 g/mol. The number of hydrogen-bond acceptors (Lipinski definition) is 1. The topological polar surface area (TPSA) is 17.1 Å². The molecule has 1 heteroatoms. The Morgan fingerprint density at radius 2 is 1.45 bits per heavy atom. The Bertz CT molecular complexity index is 739. The number of benzene rings is 3. The number of carbonyl (C=O) groups is 1. The highest BCUT2D eigenvalue weighted by molar-refractivity contribution is 6.10. The SMILES string of the molecule is CC(C(=O)c1cccc2ccccc12)c1ccccc1. The molecular weight excluding hydrogens is 244 g/mol. The molecule has 3 aromatic carbocycles. The summed E-state index contributed by atoms with van der Waals surface area (Å²) in [6.07, 6.45) is 0. The van der Waals surface area contributed by atoms with E-state index in [9.17, 15) is 4.79 Å². The second-order valence-electron chi connectivity index (χ2n) is 5.02. The minimum absolute atomic E-state index is 0.123. The molecular formula is C19H16O. The van der Waals surface area contributed by atoms with Gasteiger partial charge in [0.15, 0.2) is 5.78 Å². The van der Waals surface area contributed by atoms with Gasteiger partial charge in [-0.3, -0.25) is 4.79 Å². The predicted molar refractivity (Wildman–Crippen MR) is 83.1 cm³/mol. The van der Waals surface area contributed by atoms with Crippen LogP contribution in [0.5, 0.6) is 0 Å². The summed E-state index contributed by atoms with van der Waals surface area (Å²) in [4.78, 5) is 12.8. The van der Waals surface area contributed by atoms with Crippen molar-refractivity contribution in [2.24, 2.45) is 0 Å². The average Bonchev–Trinajstić information content (AvgIpc) is 2.54. The highest BCUT2D eigenvalue weighted by Crippen LogP contribution is 2.25. The molecule has 0 N–H and O–H groups in total. The van der Waals surface area contributed by atoms with Gasteiger partial charge in [0.1, 0.15) is 0 Å². The van der Waals surface area contributed by atoms with Gasteiger partial charge in [0.25, 0.3) is 0 Å². The van der Waals surface area contributed by atoms with Crippen LogP contribution in [0.15, 0.2) is 72.8 Å². The quantitative estimate of drug-likeness (QED) is 0.617. The van der Waals surface area contributed by atoms with E-state index >= 15 is 0 Å². The molecule has 0 aliphatic heterocycles. The molecule has 0 heterocycles. The molecule has 0 amide bonds. The minimum atomic E-state index is -0.123. The van der Waals surface area contributed by atoms with Crippen molar-refractivity contribution in [3.63, 3.8) is 0 Å². The van der Waals surface area contributed by atoms with Crippen LogP contribution in [-0.2, 0) is 0 Å². The summed E-state index contributed by atoms with van der Waals surface area (Å²) >= 11 is 0. The molecule has 3 aromatic rings. The lowest BCUT2D eigenvalue weighted by molar-refractivity contribution is 0.0967. The van der Waals surface area contributed by atoms with Crippen LogP contribution < -0.4 is 0 Å². The van der Waals surface area contributed by atoms with Crippen molar-refractivity contribution in [1.29, 1.82) is 0 Å². The first-order valence-electron chi connectivity index (χ1n) is 6.84. The molecule has 98 valence electrons. The first kappa shape index (κ1) is 12.6. The summed E-state index contributed by atoms with van der Waals surface area (Å²) in [5.41, 5.74) is 1.87. The van der Waals surface area contributed by atoms with Gasteiger partial charge in [-0.2, -0.15) is 0 Å². The Morgan fingerprint density at radius 1 is 0.800 bits per heavy atom. The Labute approximate surface area is 118 Å². The number of ketones is 1. The molecule has 0 aliphatic carbocycles. The van der Waals surface area contributed by atoms with Crippen molar-refractivity contribution in [3.05, 3.63) is 83.9 Å². The van der Waals surface area contributed by atoms with E-state index in [0.29, 0.717) is 0 Å². The van der Waals surface area contributed by atoms with Crippen LogP contribution in [0, 0.1) is 0 Å². The summed E-state index contributed by atoms with van der Waals surface area (Å²) in [6, 6.07) is 23.9. The molecule has 1 atom stereocenters. The molecule has 0 spiro atoms. The van der Waals surface area contributed by atoms with Crippen molar-refractivity contribution in [2.75, 3.05) is 0 Å². The smallest absolute Gasteiger partial charge is 0.170 e. The van der Waals surface area contributed by atoms with Gasteiger partial charge in [0.2, 0.25) is 0 Å². The molecule has 0 radical (unpaired) electrons. The van der Waals surface area contributed by atoms with E-state index in [1.165, 1.54) is 0 Å². The fraction of sp³-hybridized carbons (Fsp3) is 0.105. The Balaban J connectivity index is 2.05. The van der Waals surface area contributed by atoms with Gasteiger partial charge in [-0.05, 0) is 16.3 Å². The molecule has 1 nitrogen and oxygen atoms in total. The standard InChI is InChI=1S/C19H16O/c1-14(15-8-3-2-4-9-15)19(20)18-13-7-11-16-10-5-6-12-17(16)18/h2-14H,1H3. The Morgan fingerprint density at radius 3 is 2.25 bits per heavy atom. The maximum absolute atomic E-state index is 12.8. The lowest BCUT2D eigenvalue weighted by atomic mass is 9.90. The maximum Gasteiger partial charge on any atom is 0.170 e. The van der Waals surface area contributed by atoms with E-state index < -0.39 is 0 Å². The Kier molecular flexibility index (Phi) is 3.34. The van der Waals surface area contributed by atoms with Gasteiger partial charge in [0, 0.05) is 11.5 Å². The molecule has 0 aromatic heterocycles. The normalized spacial score (nSPS) is 12.2. The summed E-state index contributed by atoms with van der Waals surface area (Å²) in [7, 11) is 0. The third-order valence-electron chi connectivity index (χ3n) is 3.75. The third-order valence-corrected chi connectivity index (χ3v) is 3.75. The fourth-order valence-electron chi connectivity index (χ4n) is 2.57. The van der Waals surface area contributed by atoms with Crippen LogP contribution >= 0.6 is 0 Å². The number of rotatable bonds is 3. The zero-order chi connectivity index (χ0) is 13.9. The molecule has 3 rings (SSSR count). The van der Waals surface area contributed by atoms with Crippen molar-refractivity contribution < 1.29 is 4.79 Å². The number of Topliss-reactive ketones (excluding diaryl/α,β-unsaturated/α-hetero) is 1. The second kappa shape index (κ2) is 5.30. The summed E-state index contributed by atoms with van der Waals surface area (Å²) < 4.78 is 0. The Hall–Kier alpha value is -2.41. The van der Waals surface area contributed by atoms with Crippen molar-refractivity contribution in [3.8, 4) is 0 Å². The first-order chi connectivity index (χ1) is 9.77. The first-order valence-corrected chi connectivity index (χ1v) is 6.84. The average molecular weight is 260 g/mol. The van der Waals surface area contributed by atoms with Gasteiger partial charge in [-0.15, -0.1) is 0 Å². The fourth-order valence-corrected chi connectivity index (χ4v) is 2.57. The summed E-state index contributed by atoms with van der Waals surface area (Å²) in [5.74, 6) is 0.0509. The lowest BCUT2D eigenvalue weighted by Gasteiger charge is -2.12. The van der Waals surface area contributed by atoms with Crippen LogP contribution in [0.3, 0.4) is 0 Å². The van der Waals surface area contributed by atoms with E-state index in [0.717, 1.165) is 21.9 Å².